The van der Waals surface area contributed by atoms with Gasteiger partial charge in [-0.1, -0.05) is 29.8 Å². The molecule has 37 heavy (non-hydrogen) atoms. The maximum absolute atomic E-state index is 13.2. The zero-order chi connectivity index (χ0) is 26.5. The number of hydrogen-bond acceptors (Lipinski definition) is 6. The molecule has 1 aliphatic heterocycles. The quantitative estimate of drug-likeness (QED) is 0.447. The Bertz CT molecular complexity index is 1270. The molecule has 1 aromatic heterocycles. The van der Waals surface area contributed by atoms with E-state index in [1.165, 1.54) is 36.4 Å². The van der Waals surface area contributed by atoms with Crippen molar-refractivity contribution < 1.29 is 28.6 Å². The zero-order valence-electron chi connectivity index (χ0n) is 20.4. The number of ether oxygens (including phenoxy) is 2. The van der Waals surface area contributed by atoms with E-state index in [0.717, 1.165) is 5.56 Å². The average Bonchev–Trinajstić information content (AvgIpc) is 2.87. The van der Waals surface area contributed by atoms with Crippen LogP contribution in [0.4, 0.5) is 4.39 Å². The molecular formula is C27H27ClFN3O5. The highest BCUT2D eigenvalue weighted by molar-refractivity contribution is 6.30. The second kappa shape index (κ2) is 11.6. The maximum atomic E-state index is 13.2. The lowest BCUT2D eigenvalue weighted by Crippen LogP contribution is -2.58. The van der Waals surface area contributed by atoms with Gasteiger partial charge in [-0.25, -0.2) is 14.2 Å². The highest BCUT2D eigenvalue weighted by atomic mass is 35.5. The van der Waals surface area contributed by atoms with E-state index in [4.69, 9.17) is 26.2 Å². The van der Waals surface area contributed by atoms with E-state index in [0.29, 0.717) is 24.7 Å². The van der Waals surface area contributed by atoms with Crippen molar-refractivity contribution in [2.75, 3.05) is 19.7 Å². The number of rotatable bonds is 8. The summed E-state index contributed by atoms with van der Waals surface area (Å²) >= 11 is 6.12. The second-order valence-electron chi connectivity index (χ2n) is 8.95. The molecule has 4 rings (SSSR count). The summed E-state index contributed by atoms with van der Waals surface area (Å²) in [7, 11) is 0. The number of halogens is 2. The van der Waals surface area contributed by atoms with Crippen LogP contribution in [0.25, 0.3) is 0 Å². The topological polar surface area (TPSA) is 92.2 Å². The molecule has 1 N–H and O–H groups in total. The van der Waals surface area contributed by atoms with E-state index in [1.807, 2.05) is 6.92 Å². The third-order valence-corrected chi connectivity index (χ3v) is 6.38. The number of benzene rings is 2. The summed E-state index contributed by atoms with van der Waals surface area (Å²) in [5.74, 6) is -1.08. The lowest BCUT2D eigenvalue weighted by Gasteiger charge is -2.44. The van der Waals surface area contributed by atoms with Crippen LogP contribution in [-0.2, 0) is 11.3 Å². The minimum atomic E-state index is -1.18. The summed E-state index contributed by atoms with van der Waals surface area (Å²) in [5.41, 5.74) is 0.848. The van der Waals surface area contributed by atoms with Gasteiger partial charge in [0, 0.05) is 48.9 Å². The Hall–Kier alpha value is -3.69. The van der Waals surface area contributed by atoms with Gasteiger partial charge in [0.05, 0.1) is 0 Å². The lowest BCUT2D eigenvalue weighted by molar-refractivity contribution is -0.139. The summed E-state index contributed by atoms with van der Waals surface area (Å²) < 4.78 is 24.8. The van der Waals surface area contributed by atoms with Crippen molar-refractivity contribution in [3.8, 4) is 17.4 Å². The first-order valence-corrected chi connectivity index (χ1v) is 12.2. The number of carboxylic acid groups (broad SMARTS) is 1. The van der Waals surface area contributed by atoms with Gasteiger partial charge in [-0.2, -0.15) is 0 Å². The van der Waals surface area contributed by atoms with Crippen LogP contribution < -0.4 is 9.47 Å². The largest absolute Gasteiger partial charge is 0.480 e. The summed E-state index contributed by atoms with van der Waals surface area (Å²) in [4.78, 5) is 32.3. The number of aromatic carboxylic acids is 1. The van der Waals surface area contributed by atoms with E-state index in [9.17, 15) is 14.0 Å². The van der Waals surface area contributed by atoms with Crippen molar-refractivity contribution in [2.24, 2.45) is 0 Å². The van der Waals surface area contributed by atoms with Gasteiger partial charge >= 0.3 is 5.97 Å². The van der Waals surface area contributed by atoms with Crippen molar-refractivity contribution in [1.82, 2.24) is 14.8 Å². The molecule has 1 aliphatic rings. The normalized spacial score (nSPS) is 17.9. The first-order chi connectivity index (χ1) is 17.7. The molecule has 0 spiro atoms. The molecule has 0 saturated carbocycles. The Balaban J connectivity index is 1.39. The molecule has 3 aromatic rings. The maximum Gasteiger partial charge on any atom is 0.354 e. The molecule has 2 atom stereocenters. The van der Waals surface area contributed by atoms with Crippen LogP contribution in [-0.4, -0.2) is 63.5 Å². The molecule has 0 aliphatic carbocycles. The van der Waals surface area contributed by atoms with Crippen LogP contribution >= 0.6 is 11.6 Å². The van der Waals surface area contributed by atoms with Gasteiger partial charge in [0.1, 0.15) is 5.82 Å². The van der Waals surface area contributed by atoms with Crippen molar-refractivity contribution in [3.63, 3.8) is 0 Å². The van der Waals surface area contributed by atoms with Crippen LogP contribution in [0.5, 0.6) is 17.4 Å². The van der Waals surface area contributed by atoms with Gasteiger partial charge in [-0.15, -0.1) is 0 Å². The monoisotopic (exact) mass is 527 g/mol. The smallest absolute Gasteiger partial charge is 0.354 e. The molecule has 1 fully saturated rings. The fourth-order valence-electron chi connectivity index (χ4n) is 4.20. The fraction of sp³-hybridized carbons (Fsp3) is 0.296. The Morgan fingerprint density at radius 3 is 2.54 bits per heavy atom. The summed E-state index contributed by atoms with van der Waals surface area (Å²) in [6.07, 6.45) is 0. The molecule has 1 amide bonds. The van der Waals surface area contributed by atoms with Gasteiger partial charge in [0.15, 0.2) is 23.8 Å². The highest BCUT2D eigenvalue weighted by Gasteiger charge is 2.32. The molecule has 10 heteroatoms. The molecule has 194 valence electrons. The highest BCUT2D eigenvalue weighted by Crippen LogP contribution is 2.34. The third-order valence-electron chi connectivity index (χ3n) is 6.15. The molecule has 2 heterocycles. The number of nitrogens with zero attached hydrogens (tertiary/aromatic N) is 3. The number of aromatic nitrogens is 1. The van der Waals surface area contributed by atoms with Crippen LogP contribution in [0.2, 0.25) is 5.02 Å². The molecule has 2 aromatic carbocycles. The SMILES string of the molecule is C[C@@H]1CN(Cc2ccc(F)cc2)[C@@H](C)CN1C(=O)COc1ccc(Cl)cc1Oc1cccc(C(=O)O)n1. The van der Waals surface area contributed by atoms with Gasteiger partial charge in [-0.3, -0.25) is 9.69 Å². The minimum Gasteiger partial charge on any atom is -0.480 e. The van der Waals surface area contributed by atoms with Gasteiger partial charge < -0.3 is 19.5 Å². The van der Waals surface area contributed by atoms with Crippen molar-refractivity contribution in [2.45, 2.75) is 32.5 Å². The van der Waals surface area contributed by atoms with Crippen LogP contribution in [0.3, 0.4) is 0 Å². The number of carbonyl (C=O) groups is 2. The van der Waals surface area contributed by atoms with Crippen molar-refractivity contribution in [1.29, 1.82) is 0 Å². The third kappa shape index (κ3) is 6.75. The number of carboxylic acids is 1. The number of carbonyl (C=O) groups excluding carboxylic acids is 1. The lowest BCUT2D eigenvalue weighted by atomic mass is 10.1. The molecule has 0 radical (unpaired) electrons. The zero-order valence-corrected chi connectivity index (χ0v) is 21.2. The number of amides is 1. The minimum absolute atomic E-state index is 0.0448. The van der Waals surface area contributed by atoms with Gasteiger partial charge in [0.2, 0.25) is 5.88 Å². The number of pyridine rings is 1. The number of piperazine rings is 1. The van der Waals surface area contributed by atoms with Gasteiger partial charge in [-0.05, 0) is 49.7 Å². The van der Waals surface area contributed by atoms with Gasteiger partial charge in [0.25, 0.3) is 5.91 Å². The van der Waals surface area contributed by atoms with E-state index >= 15 is 0 Å². The summed E-state index contributed by atoms with van der Waals surface area (Å²) in [6.45, 7) is 5.70. The molecule has 1 saturated heterocycles. The predicted molar refractivity (Wildman–Crippen MR) is 136 cm³/mol. The van der Waals surface area contributed by atoms with E-state index in [2.05, 4.69) is 16.8 Å². The van der Waals surface area contributed by atoms with Crippen LogP contribution in [0.15, 0.2) is 60.7 Å². The molecular weight excluding hydrogens is 501 g/mol. The van der Waals surface area contributed by atoms with E-state index < -0.39 is 5.97 Å². The number of hydrogen-bond donors (Lipinski definition) is 1. The fourth-order valence-corrected chi connectivity index (χ4v) is 4.36. The van der Waals surface area contributed by atoms with E-state index in [1.54, 1.807) is 29.2 Å². The summed E-state index contributed by atoms with van der Waals surface area (Å²) in [6, 6.07) is 15.6. The molecule has 8 nitrogen and oxygen atoms in total. The van der Waals surface area contributed by atoms with E-state index in [-0.39, 0.29) is 53.5 Å². The molecule has 0 unspecified atom stereocenters. The Labute approximate surface area is 219 Å². The predicted octanol–water partition coefficient (Wildman–Crippen LogP) is 4.86. The standard InChI is InChI=1S/C27H27ClFN3O5/c1-17-14-32(18(2)13-31(17)15-19-6-9-21(29)10-7-19)26(33)16-36-23-11-8-20(28)12-24(23)37-25-5-3-4-22(30-25)27(34)35/h3-12,17-18H,13-16H2,1-2H3,(H,34,35)/t17-,18+/m0/s1. The average molecular weight is 528 g/mol. The first kappa shape index (κ1) is 26.4. The second-order valence-corrected chi connectivity index (χ2v) is 9.38. The Kier molecular flexibility index (Phi) is 8.25. The Morgan fingerprint density at radius 2 is 1.81 bits per heavy atom. The molecule has 0 bridgehead atoms. The Morgan fingerprint density at radius 1 is 1.05 bits per heavy atom. The van der Waals surface area contributed by atoms with Crippen molar-refractivity contribution in [3.05, 3.63) is 82.8 Å². The van der Waals surface area contributed by atoms with Crippen LogP contribution in [0, 0.1) is 5.82 Å². The van der Waals surface area contributed by atoms with Crippen LogP contribution in [0.1, 0.15) is 29.9 Å². The summed E-state index contributed by atoms with van der Waals surface area (Å²) in [5, 5.41) is 9.54. The first-order valence-electron chi connectivity index (χ1n) is 11.8. The van der Waals surface area contributed by atoms with Crippen molar-refractivity contribution >= 4 is 23.5 Å².